The fraction of sp³-hybridized carbons (Fsp3) is 0.562. The van der Waals surface area contributed by atoms with Gasteiger partial charge in [0.1, 0.15) is 5.82 Å². The van der Waals surface area contributed by atoms with Gasteiger partial charge in [-0.1, -0.05) is 6.92 Å². The third-order valence-electron chi connectivity index (χ3n) is 4.44. The topological polar surface area (TPSA) is 77.9 Å². The fourth-order valence-electron chi connectivity index (χ4n) is 3.16. The Bertz CT molecular complexity index is 700. The lowest BCUT2D eigenvalue weighted by atomic mass is 10.0. The minimum absolute atomic E-state index is 0.0367. The Morgan fingerprint density at radius 1 is 1.38 bits per heavy atom. The van der Waals surface area contributed by atoms with Crippen molar-refractivity contribution >= 4 is 16.0 Å². The zero-order valence-corrected chi connectivity index (χ0v) is 14.7. The van der Waals surface area contributed by atoms with E-state index in [1.54, 1.807) is 6.92 Å². The van der Waals surface area contributed by atoms with E-state index in [1.807, 2.05) is 11.8 Å². The van der Waals surface area contributed by atoms with Crippen LogP contribution in [0.5, 0.6) is 0 Å². The van der Waals surface area contributed by atoms with Crippen LogP contribution in [0.15, 0.2) is 23.1 Å². The van der Waals surface area contributed by atoms with Gasteiger partial charge in [0, 0.05) is 19.1 Å². The number of benzene rings is 1. The molecule has 1 saturated heterocycles. The van der Waals surface area contributed by atoms with Crippen LogP contribution in [0.3, 0.4) is 0 Å². The van der Waals surface area contributed by atoms with Gasteiger partial charge in [0.15, 0.2) is 0 Å². The second kappa shape index (κ2) is 7.58. The molecule has 0 aromatic heterocycles. The van der Waals surface area contributed by atoms with Crippen LogP contribution in [0.1, 0.15) is 25.3 Å². The summed E-state index contributed by atoms with van der Waals surface area (Å²) in [5, 5.41) is 8.95. The van der Waals surface area contributed by atoms with Crippen LogP contribution in [0, 0.1) is 12.7 Å². The normalized spacial score (nSPS) is 17.3. The van der Waals surface area contributed by atoms with Gasteiger partial charge in [-0.25, -0.2) is 12.8 Å². The number of hydrogen-bond acceptors (Lipinski definition) is 4. The molecule has 2 rings (SSSR count). The highest BCUT2D eigenvalue weighted by atomic mass is 32.2. The lowest BCUT2D eigenvalue weighted by molar-refractivity contribution is -0.139. The van der Waals surface area contributed by atoms with Gasteiger partial charge in [-0.15, -0.1) is 0 Å². The Kier molecular flexibility index (Phi) is 5.95. The van der Waals surface area contributed by atoms with Crippen molar-refractivity contribution in [2.24, 2.45) is 0 Å². The average molecular weight is 358 g/mol. The minimum Gasteiger partial charge on any atom is -0.480 e. The van der Waals surface area contributed by atoms with Crippen LogP contribution in [0.4, 0.5) is 4.39 Å². The van der Waals surface area contributed by atoms with Crippen LogP contribution in [-0.2, 0) is 14.8 Å². The lowest BCUT2D eigenvalue weighted by Gasteiger charge is -2.37. The maximum Gasteiger partial charge on any atom is 0.317 e. The molecule has 1 heterocycles. The first-order valence-corrected chi connectivity index (χ1v) is 9.42. The number of aryl methyl sites for hydroxylation is 1. The standard InChI is InChI=1S/C16H23FN2O4S/c1-3-18(11-16(20)21)14-6-8-19(9-7-14)24(22,23)15-5-4-13(17)10-12(15)2/h4-5,10,14H,3,6-9,11H2,1-2H3,(H,20,21). The van der Waals surface area contributed by atoms with Crippen molar-refractivity contribution in [1.82, 2.24) is 9.21 Å². The van der Waals surface area contributed by atoms with E-state index in [-0.39, 0.29) is 17.5 Å². The predicted molar refractivity (Wildman–Crippen MR) is 87.8 cm³/mol. The molecular weight excluding hydrogens is 335 g/mol. The van der Waals surface area contributed by atoms with Crippen molar-refractivity contribution in [2.45, 2.75) is 37.6 Å². The summed E-state index contributed by atoms with van der Waals surface area (Å²) in [5.74, 6) is -1.34. The molecule has 8 heteroatoms. The average Bonchev–Trinajstić information content (AvgIpc) is 2.52. The van der Waals surface area contributed by atoms with Gasteiger partial charge in [0.05, 0.1) is 11.4 Å². The summed E-state index contributed by atoms with van der Waals surface area (Å²) in [5.41, 5.74) is 0.387. The van der Waals surface area contributed by atoms with E-state index in [0.717, 1.165) is 6.07 Å². The number of hydrogen-bond donors (Lipinski definition) is 1. The summed E-state index contributed by atoms with van der Waals surface area (Å²) in [6.07, 6.45) is 1.17. The number of carbonyl (C=O) groups is 1. The van der Waals surface area contributed by atoms with Gasteiger partial charge in [-0.2, -0.15) is 4.31 Å². The van der Waals surface area contributed by atoms with Crippen LogP contribution in [0.2, 0.25) is 0 Å². The zero-order valence-electron chi connectivity index (χ0n) is 13.9. The smallest absolute Gasteiger partial charge is 0.317 e. The summed E-state index contributed by atoms with van der Waals surface area (Å²) < 4.78 is 40.1. The van der Waals surface area contributed by atoms with Gasteiger partial charge in [0.2, 0.25) is 10.0 Å². The minimum atomic E-state index is -3.66. The molecule has 6 nitrogen and oxygen atoms in total. The SMILES string of the molecule is CCN(CC(=O)O)C1CCN(S(=O)(=O)c2ccc(F)cc2C)CC1. The third-order valence-corrected chi connectivity index (χ3v) is 6.50. The molecule has 0 radical (unpaired) electrons. The van der Waals surface area contributed by atoms with Crippen LogP contribution in [0.25, 0.3) is 0 Å². The highest BCUT2D eigenvalue weighted by molar-refractivity contribution is 7.89. The molecule has 1 aliphatic heterocycles. The summed E-state index contributed by atoms with van der Waals surface area (Å²) >= 11 is 0. The highest BCUT2D eigenvalue weighted by Crippen LogP contribution is 2.25. The molecule has 0 aliphatic carbocycles. The molecule has 0 saturated carbocycles. The predicted octanol–water partition coefficient (Wildman–Crippen LogP) is 1.69. The summed E-state index contributed by atoms with van der Waals surface area (Å²) in [6.45, 7) is 4.72. The second-order valence-electron chi connectivity index (χ2n) is 6.00. The molecule has 1 aromatic carbocycles. The molecule has 0 spiro atoms. The number of sulfonamides is 1. The summed E-state index contributed by atoms with van der Waals surface area (Å²) in [6, 6.07) is 3.73. The van der Waals surface area contributed by atoms with E-state index in [2.05, 4.69) is 0 Å². The summed E-state index contributed by atoms with van der Waals surface area (Å²) in [4.78, 5) is 12.9. The first kappa shape index (κ1) is 18.8. The van der Waals surface area contributed by atoms with Crippen molar-refractivity contribution in [3.63, 3.8) is 0 Å². The molecule has 1 aromatic rings. The van der Waals surface area contributed by atoms with Crippen LogP contribution < -0.4 is 0 Å². The Balaban J connectivity index is 2.09. The van der Waals surface area contributed by atoms with Crippen LogP contribution in [-0.4, -0.2) is 60.9 Å². The molecule has 134 valence electrons. The van der Waals surface area contributed by atoms with E-state index in [9.17, 15) is 17.6 Å². The van der Waals surface area contributed by atoms with Gasteiger partial charge in [-0.3, -0.25) is 9.69 Å². The molecule has 24 heavy (non-hydrogen) atoms. The van der Waals surface area contributed by atoms with Gasteiger partial charge in [-0.05, 0) is 50.1 Å². The molecular formula is C16H23FN2O4S. The molecule has 0 bridgehead atoms. The van der Waals surface area contributed by atoms with Crippen LogP contribution >= 0.6 is 0 Å². The lowest BCUT2D eigenvalue weighted by Crippen LogP contribution is -2.48. The number of nitrogens with zero attached hydrogens (tertiary/aromatic N) is 2. The quantitative estimate of drug-likeness (QED) is 0.837. The summed E-state index contributed by atoms with van der Waals surface area (Å²) in [7, 11) is -3.66. The first-order chi connectivity index (χ1) is 11.3. The first-order valence-electron chi connectivity index (χ1n) is 7.98. The number of aliphatic carboxylic acids is 1. The number of rotatable bonds is 6. The van der Waals surface area contributed by atoms with E-state index in [0.29, 0.717) is 38.0 Å². The number of piperidine rings is 1. The molecule has 1 N–H and O–H groups in total. The van der Waals surface area contributed by atoms with Gasteiger partial charge < -0.3 is 5.11 Å². The molecule has 1 aliphatic rings. The Morgan fingerprint density at radius 2 is 2.00 bits per heavy atom. The van der Waals surface area contributed by atoms with Crippen molar-refractivity contribution in [3.8, 4) is 0 Å². The molecule has 0 atom stereocenters. The maximum absolute atomic E-state index is 13.2. The molecule has 1 fully saturated rings. The third kappa shape index (κ3) is 4.12. The largest absolute Gasteiger partial charge is 0.480 e. The highest BCUT2D eigenvalue weighted by Gasteiger charge is 2.32. The number of carboxylic acids is 1. The number of carboxylic acid groups (broad SMARTS) is 1. The van der Waals surface area contributed by atoms with E-state index in [4.69, 9.17) is 5.11 Å². The van der Waals surface area contributed by atoms with Gasteiger partial charge >= 0.3 is 5.97 Å². The second-order valence-corrected chi connectivity index (χ2v) is 7.91. The van der Waals surface area contributed by atoms with E-state index < -0.39 is 21.8 Å². The number of halogens is 1. The van der Waals surface area contributed by atoms with Crippen molar-refractivity contribution in [1.29, 1.82) is 0 Å². The van der Waals surface area contributed by atoms with Gasteiger partial charge in [0.25, 0.3) is 0 Å². The van der Waals surface area contributed by atoms with Crippen molar-refractivity contribution in [2.75, 3.05) is 26.2 Å². The van der Waals surface area contributed by atoms with E-state index >= 15 is 0 Å². The molecule has 0 amide bonds. The Morgan fingerprint density at radius 3 is 2.50 bits per heavy atom. The Hall–Kier alpha value is -1.51. The molecule has 0 unspecified atom stereocenters. The Labute approximate surface area is 141 Å². The van der Waals surface area contributed by atoms with Crippen molar-refractivity contribution in [3.05, 3.63) is 29.6 Å². The van der Waals surface area contributed by atoms with E-state index in [1.165, 1.54) is 16.4 Å². The number of likely N-dealkylation sites (N-methyl/N-ethyl adjacent to an activating group) is 1. The maximum atomic E-state index is 13.2. The fourth-order valence-corrected chi connectivity index (χ4v) is 4.84. The monoisotopic (exact) mass is 358 g/mol. The zero-order chi connectivity index (χ0) is 17.9. The van der Waals surface area contributed by atoms with Crippen molar-refractivity contribution < 1.29 is 22.7 Å².